The van der Waals surface area contributed by atoms with E-state index in [2.05, 4.69) is 4.74 Å². The average molecular weight is 160 g/mol. The van der Waals surface area contributed by atoms with Crippen LogP contribution in [0.1, 0.15) is 0 Å². The van der Waals surface area contributed by atoms with Crippen LogP contribution in [0.5, 0.6) is 0 Å². The lowest BCUT2D eigenvalue weighted by Crippen LogP contribution is -2.04. The van der Waals surface area contributed by atoms with Crippen LogP contribution in [-0.2, 0) is 9.53 Å². The number of alkyl halides is 1. The molecule has 0 N–H and O–H groups in total. The summed E-state index contributed by atoms with van der Waals surface area (Å²) in [7, 11) is 0. The van der Waals surface area contributed by atoms with E-state index >= 15 is 0 Å². The van der Waals surface area contributed by atoms with Crippen molar-refractivity contribution in [1.29, 1.82) is 5.26 Å². The van der Waals surface area contributed by atoms with Crippen molar-refractivity contribution in [2.75, 3.05) is 6.61 Å². The number of hydrogen-bond donors (Lipinski definition) is 0. The minimum Gasteiger partial charge on any atom is -0.466 e. The maximum Gasteiger partial charge on any atom is 0.293 e. The number of nitrogens with zero attached hydrogens (tertiary/aromatic N) is 1. The van der Waals surface area contributed by atoms with Crippen LogP contribution in [0.25, 0.3) is 0 Å². The fraction of sp³-hybridized carbons (Fsp3) is 0.333. The van der Waals surface area contributed by atoms with Gasteiger partial charge in [0.15, 0.2) is 0 Å². The Kier molecular flexibility index (Phi) is 5.50. The Morgan fingerprint density at radius 1 is 1.80 bits per heavy atom. The van der Waals surface area contributed by atoms with Gasteiger partial charge in [0.1, 0.15) is 6.61 Å². The van der Waals surface area contributed by atoms with Crippen molar-refractivity contribution in [1.82, 2.24) is 0 Å². The van der Waals surface area contributed by atoms with Crippen molar-refractivity contribution in [2.45, 2.75) is 5.38 Å². The third-order valence-electron chi connectivity index (χ3n) is 0.703. The Labute approximate surface area is 63.8 Å². The predicted molar refractivity (Wildman–Crippen MR) is 36.4 cm³/mol. The Morgan fingerprint density at radius 2 is 2.50 bits per heavy atom. The molecule has 0 radical (unpaired) electrons. The zero-order chi connectivity index (χ0) is 7.82. The molecule has 4 heteroatoms. The maximum absolute atomic E-state index is 9.61. The monoisotopic (exact) mass is 159 g/mol. The van der Waals surface area contributed by atoms with Crippen LogP contribution in [-0.4, -0.2) is 18.5 Å². The summed E-state index contributed by atoms with van der Waals surface area (Å²) in [5, 5.41) is 7.62. The Bertz CT molecular complexity index is 162. The van der Waals surface area contributed by atoms with Gasteiger partial charge in [0.05, 0.1) is 11.4 Å². The SMILES string of the molecule is N#CC=C[C@H](Cl)COC=O. The van der Waals surface area contributed by atoms with Gasteiger partial charge in [0, 0.05) is 6.08 Å². The smallest absolute Gasteiger partial charge is 0.293 e. The number of ether oxygens (including phenoxy) is 1. The van der Waals surface area contributed by atoms with E-state index in [9.17, 15) is 4.79 Å². The quantitative estimate of drug-likeness (QED) is 0.347. The maximum atomic E-state index is 9.61. The summed E-state index contributed by atoms with van der Waals surface area (Å²) in [5.41, 5.74) is 0. The highest BCUT2D eigenvalue weighted by molar-refractivity contribution is 6.21. The summed E-state index contributed by atoms with van der Waals surface area (Å²) >= 11 is 5.52. The van der Waals surface area contributed by atoms with E-state index in [-0.39, 0.29) is 6.61 Å². The molecule has 0 rings (SSSR count). The molecule has 0 aromatic rings. The summed E-state index contributed by atoms with van der Waals surface area (Å²) in [6, 6.07) is 1.77. The molecule has 0 aromatic carbocycles. The molecule has 0 saturated carbocycles. The number of allylic oxidation sites excluding steroid dienone is 1. The zero-order valence-corrected chi connectivity index (χ0v) is 5.91. The molecule has 3 nitrogen and oxygen atoms in total. The first-order chi connectivity index (χ1) is 4.81. The number of nitriles is 1. The molecule has 0 fully saturated rings. The van der Waals surface area contributed by atoms with Gasteiger partial charge in [0.2, 0.25) is 0 Å². The number of carbonyl (C=O) groups excluding carboxylic acids is 1. The molecule has 0 spiro atoms. The number of rotatable bonds is 4. The van der Waals surface area contributed by atoms with Gasteiger partial charge in [0.25, 0.3) is 6.47 Å². The van der Waals surface area contributed by atoms with Gasteiger partial charge in [-0.3, -0.25) is 4.79 Å². The van der Waals surface area contributed by atoms with Gasteiger partial charge in [-0.2, -0.15) is 5.26 Å². The third-order valence-corrected chi connectivity index (χ3v) is 0.975. The van der Waals surface area contributed by atoms with E-state index in [4.69, 9.17) is 16.9 Å². The average Bonchev–Trinajstić information content (AvgIpc) is 1.97. The molecular formula is C6H6ClNO2. The third kappa shape index (κ3) is 5.13. The first kappa shape index (κ1) is 8.99. The van der Waals surface area contributed by atoms with Crippen LogP contribution in [0.3, 0.4) is 0 Å². The van der Waals surface area contributed by atoms with Crippen molar-refractivity contribution in [3.05, 3.63) is 12.2 Å². The van der Waals surface area contributed by atoms with Crippen molar-refractivity contribution in [3.63, 3.8) is 0 Å². The highest BCUT2D eigenvalue weighted by atomic mass is 35.5. The van der Waals surface area contributed by atoms with Crippen molar-refractivity contribution in [2.24, 2.45) is 0 Å². The molecule has 0 bridgehead atoms. The van der Waals surface area contributed by atoms with Gasteiger partial charge in [-0.05, 0) is 0 Å². The lowest BCUT2D eigenvalue weighted by Gasteiger charge is -1.98. The van der Waals surface area contributed by atoms with Gasteiger partial charge < -0.3 is 4.74 Å². The van der Waals surface area contributed by atoms with Gasteiger partial charge in [-0.15, -0.1) is 11.6 Å². The lowest BCUT2D eigenvalue weighted by atomic mass is 10.4. The Hall–Kier alpha value is -1.01. The molecule has 0 unspecified atom stereocenters. The van der Waals surface area contributed by atoms with Crippen molar-refractivity contribution in [3.8, 4) is 6.07 Å². The molecule has 10 heavy (non-hydrogen) atoms. The van der Waals surface area contributed by atoms with Crippen molar-refractivity contribution >= 4 is 18.1 Å². The largest absolute Gasteiger partial charge is 0.466 e. The van der Waals surface area contributed by atoms with Gasteiger partial charge >= 0.3 is 0 Å². The van der Waals surface area contributed by atoms with E-state index in [1.165, 1.54) is 12.2 Å². The normalized spacial score (nSPS) is 12.4. The standard InChI is InChI=1S/C6H6ClNO2/c7-6(2-1-3-8)4-10-5-9/h1-2,5-6H,4H2/t6-/m0/s1. The number of carbonyl (C=O) groups is 1. The first-order valence-corrected chi connectivity index (χ1v) is 3.00. The van der Waals surface area contributed by atoms with Gasteiger partial charge in [-0.25, -0.2) is 0 Å². The first-order valence-electron chi connectivity index (χ1n) is 2.57. The van der Waals surface area contributed by atoms with Crippen LogP contribution in [0.15, 0.2) is 12.2 Å². The predicted octanol–water partition coefficient (Wildman–Crippen LogP) is 0.847. The second kappa shape index (κ2) is 6.12. The molecule has 0 amide bonds. The van der Waals surface area contributed by atoms with Crippen LogP contribution in [0.4, 0.5) is 0 Å². The van der Waals surface area contributed by atoms with E-state index < -0.39 is 5.38 Å². The molecule has 0 aliphatic rings. The van der Waals surface area contributed by atoms with Crippen LogP contribution >= 0.6 is 11.6 Å². The Morgan fingerprint density at radius 3 is 3.00 bits per heavy atom. The second-order valence-electron chi connectivity index (χ2n) is 1.43. The summed E-state index contributed by atoms with van der Waals surface area (Å²) in [6.45, 7) is 0.416. The second-order valence-corrected chi connectivity index (χ2v) is 1.99. The lowest BCUT2D eigenvalue weighted by molar-refractivity contribution is -0.128. The fourth-order valence-corrected chi connectivity index (χ4v) is 0.480. The zero-order valence-electron chi connectivity index (χ0n) is 5.16. The fourth-order valence-electron chi connectivity index (χ4n) is 0.334. The van der Waals surface area contributed by atoms with Crippen LogP contribution < -0.4 is 0 Å². The molecule has 0 heterocycles. The highest BCUT2D eigenvalue weighted by Gasteiger charge is 1.96. The summed E-state index contributed by atoms with van der Waals surface area (Å²) in [4.78, 5) is 9.61. The number of halogens is 1. The number of hydrogen-bond acceptors (Lipinski definition) is 3. The molecule has 0 saturated heterocycles. The van der Waals surface area contributed by atoms with Crippen LogP contribution in [0.2, 0.25) is 0 Å². The summed E-state index contributed by atoms with van der Waals surface area (Å²) < 4.78 is 4.32. The van der Waals surface area contributed by atoms with Gasteiger partial charge in [-0.1, -0.05) is 6.08 Å². The van der Waals surface area contributed by atoms with Crippen LogP contribution in [0, 0.1) is 11.3 Å². The molecular weight excluding hydrogens is 154 g/mol. The minimum atomic E-state index is -0.412. The molecule has 1 atom stereocenters. The van der Waals surface area contributed by atoms with E-state index in [0.717, 1.165) is 0 Å². The molecule has 0 aromatic heterocycles. The van der Waals surface area contributed by atoms with E-state index in [1.54, 1.807) is 6.07 Å². The van der Waals surface area contributed by atoms with E-state index in [1.807, 2.05) is 0 Å². The summed E-state index contributed by atoms with van der Waals surface area (Å²) in [6.07, 6.45) is 2.69. The van der Waals surface area contributed by atoms with E-state index in [0.29, 0.717) is 6.47 Å². The summed E-state index contributed by atoms with van der Waals surface area (Å²) in [5.74, 6) is 0. The molecule has 0 aliphatic carbocycles. The molecule has 0 aliphatic heterocycles. The highest BCUT2D eigenvalue weighted by Crippen LogP contribution is 1.96. The minimum absolute atomic E-state index is 0.100. The topological polar surface area (TPSA) is 50.1 Å². The Balaban J connectivity index is 3.44. The van der Waals surface area contributed by atoms with Crippen molar-refractivity contribution < 1.29 is 9.53 Å². The molecule has 54 valence electrons.